The summed E-state index contributed by atoms with van der Waals surface area (Å²) in [6.07, 6.45) is 0. The summed E-state index contributed by atoms with van der Waals surface area (Å²) >= 11 is 0. The van der Waals surface area contributed by atoms with Gasteiger partial charge in [0.15, 0.2) is 0 Å². The summed E-state index contributed by atoms with van der Waals surface area (Å²) in [5, 5.41) is 33.0. The zero-order chi connectivity index (χ0) is 18.9. The van der Waals surface area contributed by atoms with Crippen molar-refractivity contribution in [3.63, 3.8) is 0 Å². The lowest BCUT2D eigenvalue weighted by Crippen LogP contribution is -2.09. The zero-order valence-electron chi connectivity index (χ0n) is 12.5. The van der Waals surface area contributed by atoms with Gasteiger partial charge in [0.1, 0.15) is 9.79 Å². The molecule has 0 aliphatic heterocycles. The fourth-order valence-electron chi connectivity index (χ4n) is 2.11. The van der Waals surface area contributed by atoms with Gasteiger partial charge in [-0.25, -0.2) is 8.42 Å². The highest BCUT2D eigenvalue weighted by Crippen LogP contribution is 2.36. The molecule has 2 aromatic rings. The Hall–Kier alpha value is -3.41. The standard InChI is InChI=1S/C13H9N3O8S/c1-8-2-4-12(10(6-8)15(19)20)25(23,24)13-5-3-9(14(17)18)7-11(13)16(21)22/h2-7H,1H3. The molecule has 25 heavy (non-hydrogen) atoms. The summed E-state index contributed by atoms with van der Waals surface area (Å²) in [4.78, 5) is 28.5. The Balaban J connectivity index is 2.80. The monoisotopic (exact) mass is 367 g/mol. The number of nitrogens with zero attached hydrogens (tertiary/aromatic N) is 3. The van der Waals surface area contributed by atoms with Gasteiger partial charge in [-0.3, -0.25) is 30.3 Å². The van der Waals surface area contributed by atoms with E-state index in [0.29, 0.717) is 17.7 Å². The van der Waals surface area contributed by atoms with Crippen molar-refractivity contribution >= 4 is 26.9 Å². The third-order valence-electron chi connectivity index (χ3n) is 3.24. The Kier molecular flexibility index (Phi) is 4.48. The van der Waals surface area contributed by atoms with E-state index in [1.165, 1.54) is 13.0 Å². The predicted molar refractivity (Wildman–Crippen MR) is 83.0 cm³/mol. The second kappa shape index (κ2) is 6.24. The van der Waals surface area contributed by atoms with Gasteiger partial charge in [-0.2, -0.15) is 0 Å². The van der Waals surface area contributed by atoms with E-state index in [0.717, 1.165) is 18.2 Å². The molecule has 0 atom stereocenters. The number of non-ortho nitro benzene ring substituents is 1. The first kappa shape index (κ1) is 17.9. The topological polar surface area (TPSA) is 164 Å². The van der Waals surface area contributed by atoms with Crippen LogP contribution in [-0.2, 0) is 9.84 Å². The summed E-state index contributed by atoms with van der Waals surface area (Å²) in [7, 11) is -4.66. The minimum Gasteiger partial charge on any atom is -0.258 e. The van der Waals surface area contributed by atoms with Gasteiger partial charge >= 0.3 is 0 Å². The maximum absolute atomic E-state index is 12.7. The van der Waals surface area contributed by atoms with E-state index >= 15 is 0 Å². The van der Waals surface area contributed by atoms with Crippen LogP contribution in [-0.4, -0.2) is 23.2 Å². The molecule has 0 saturated carbocycles. The van der Waals surface area contributed by atoms with Gasteiger partial charge in [0.25, 0.3) is 17.1 Å². The quantitative estimate of drug-likeness (QED) is 0.574. The number of aryl methyl sites for hydroxylation is 1. The Labute approximate surface area is 139 Å². The highest BCUT2D eigenvalue weighted by atomic mass is 32.2. The average Bonchev–Trinajstić information content (AvgIpc) is 2.53. The molecule has 0 aliphatic carbocycles. The molecule has 0 radical (unpaired) electrons. The normalized spacial score (nSPS) is 11.1. The summed E-state index contributed by atoms with van der Waals surface area (Å²) in [5.74, 6) is 0. The molecule has 0 spiro atoms. The summed E-state index contributed by atoms with van der Waals surface area (Å²) in [5.41, 5.74) is -2.04. The lowest BCUT2D eigenvalue weighted by atomic mass is 10.2. The molecule has 0 aromatic heterocycles. The third-order valence-corrected chi connectivity index (χ3v) is 5.09. The Morgan fingerprint density at radius 1 is 0.760 bits per heavy atom. The Morgan fingerprint density at radius 3 is 1.72 bits per heavy atom. The molecule has 0 saturated heterocycles. The number of nitro groups is 3. The number of sulfone groups is 1. The molecule has 0 heterocycles. The largest absolute Gasteiger partial charge is 0.295 e. The minimum absolute atomic E-state index is 0.420. The number of benzene rings is 2. The van der Waals surface area contributed by atoms with Gasteiger partial charge in [-0.15, -0.1) is 0 Å². The van der Waals surface area contributed by atoms with Crippen LogP contribution in [0.4, 0.5) is 17.1 Å². The van der Waals surface area contributed by atoms with Gasteiger partial charge < -0.3 is 0 Å². The van der Waals surface area contributed by atoms with Crippen LogP contribution in [0, 0.1) is 37.3 Å². The molecule has 0 bridgehead atoms. The Morgan fingerprint density at radius 2 is 1.24 bits per heavy atom. The number of hydrogen-bond acceptors (Lipinski definition) is 8. The van der Waals surface area contributed by atoms with Crippen LogP contribution in [0.3, 0.4) is 0 Å². The van der Waals surface area contributed by atoms with Gasteiger partial charge in [0, 0.05) is 12.1 Å². The Bertz CT molecular complexity index is 1020. The van der Waals surface area contributed by atoms with E-state index in [-0.39, 0.29) is 0 Å². The minimum atomic E-state index is -4.66. The van der Waals surface area contributed by atoms with Crippen LogP contribution in [0.5, 0.6) is 0 Å². The predicted octanol–water partition coefficient (Wildman–Crippen LogP) is 2.55. The van der Waals surface area contributed by atoms with Crippen molar-refractivity contribution in [3.8, 4) is 0 Å². The SMILES string of the molecule is Cc1ccc(S(=O)(=O)c2ccc([N+](=O)[O-])cc2[N+](=O)[O-])c([N+](=O)[O-])c1. The van der Waals surface area contributed by atoms with Crippen LogP contribution in [0.2, 0.25) is 0 Å². The first-order chi connectivity index (χ1) is 11.6. The average molecular weight is 367 g/mol. The lowest BCUT2D eigenvalue weighted by molar-refractivity contribution is -0.396. The first-order valence-corrected chi connectivity index (χ1v) is 7.97. The van der Waals surface area contributed by atoms with Crippen molar-refractivity contribution in [3.05, 3.63) is 72.3 Å². The van der Waals surface area contributed by atoms with E-state index in [9.17, 15) is 38.8 Å². The van der Waals surface area contributed by atoms with Crippen LogP contribution in [0.15, 0.2) is 46.2 Å². The van der Waals surface area contributed by atoms with Crippen molar-refractivity contribution < 1.29 is 23.2 Å². The molecule has 0 aliphatic rings. The van der Waals surface area contributed by atoms with E-state index in [1.807, 2.05) is 0 Å². The maximum Gasteiger partial charge on any atom is 0.295 e. The molecule has 11 nitrogen and oxygen atoms in total. The van der Waals surface area contributed by atoms with Gasteiger partial charge in [0.05, 0.1) is 20.8 Å². The van der Waals surface area contributed by atoms with Crippen molar-refractivity contribution in [2.75, 3.05) is 0 Å². The highest BCUT2D eigenvalue weighted by molar-refractivity contribution is 7.91. The smallest absolute Gasteiger partial charge is 0.258 e. The number of hydrogen-bond donors (Lipinski definition) is 0. The van der Waals surface area contributed by atoms with Gasteiger partial charge in [-0.1, -0.05) is 6.07 Å². The van der Waals surface area contributed by atoms with E-state index in [4.69, 9.17) is 0 Å². The molecular weight excluding hydrogens is 358 g/mol. The summed E-state index contributed by atoms with van der Waals surface area (Å²) in [6, 6.07) is 5.25. The number of nitro benzene ring substituents is 3. The molecule has 12 heteroatoms. The highest BCUT2D eigenvalue weighted by Gasteiger charge is 2.34. The zero-order valence-corrected chi connectivity index (χ0v) is 13.3. The van der Waals surface area contributed by atoms with Crippen molar-refractivity contribution in [2.24, 2.45) is 0 Å². The van der Waals surface area contributed by atoms with Crippen LogP contribution >= 0.6 is 0 Å². The van der Waals surface area contributed by atoms with E-state index < -0.39 is 51.5 Å². The van der Waals surface area contributed by atoms with Gasteiger partial charge in [0.2, 0.25) is 9.84 Å². The fourth-order valence-corrected chi connectivity index (χ4v) is 3.65. The first-order valence-electron chi connectivity index (χ1n) is 6.48. The van der Waals surface area contributed by atoms with Crippen molar-refractivity contribution in [1.29, 1.82) is 0 Å². The second-order valence-electron chi connectivity index (χ2n) is 4.90. The molecule has 130 valence electrons. The van der Waals surface area contributed by atoms with E-state index in [1.54, 1.807) is 0 Å². The summed E-state index contributed by atoms with van der Waals surface area (Å²) in [6.45, 7) is 1.51. The van der Waals surface area contributed by atoms with Crippen LogP contribution < -0.4 is 0 Å². The van der Waals surface area contributed by atoms with Gasteiger partial charge in [-0.05, 0) is 24.6 Å². The van der Waals surface area contributed by atoms with Crippen LogP contribution in [0.1, 0.15) is 5.56 Å². The molecule has 0 amide bonds. The molecule has 0 fully saturated rings. The van der Waals surface area contributed by atoms with E-state index in [2.05, 4.69) is 0 Å². The molecule has 0 unspecified atom stereocenters. The van der Waals surface area contributed by atoms with Crippen molar-refractivity contribution in [1.82, 2.24) is 0 Å². The second-order valence-corrected chi connectivity index (χ2v) is 6.78. The third kappa shape index (κ3) is 3.28. The molecule has 0 N–H and O–H groups in total. The molecular formula is C13H9N3O8S. The molecule has 2 aromatic carbocycles. The lowest BCUT2D eigenvalue weighted by Gasteiger charge is -2.07. The number of rotatable bonds is 5. The van der Waals surface area contributed by atoms with Crippen LogP contribution in [0.25, 0.3) is 0 Å². The van der Waals surface area contributed by atoms with Crippen molar-refractivity contribution in [2.45, 2.75) is 16.7 Å². The molecule has 2 rings (SSSR count). The maximum atomic E-state index is 12.7. The summed E-state index contributed by atoms with van der Waals surface area (Å²) < 4.78 is 25.4. The fraction of sp³-hybridized carbons (Fsp3) is 0.0769.